The fraction of sp³-hybridized carbons (Fsp3) is 0.533. The third-order valence-corrected chi connectivity index (χ3v) is 4.21. The average Bonchev–Trinajstić information content (AvgIpc) is 2.34. The third kappa shape index (κ3) is 4.11. The number of amides is 1. The van der Waals surface area contributed by atoms with Gasteiger partial charge in [0.05, 0.1) is 5.60 Å². The molecule has 0 spiro atoms. The van der Waals surface area contributed by atoms with Crippen molar-refractivity contribution in [3.05, 3.63) is 33.8 Å². The van der Waals surface area contributed by atoms with Crippen LogP contribution < -0.4 is 5.32 Å². The van der Waals surface area contributed by atoms with Gasteiger partial charge in [-0.15, -0.1) is 0 Å². The molecule has 0 bridgehead atoms. The zero-order valence-electron chi connectivity index (χ0n) is 11.5. The van der Waals surface area contributed by atoms with E-state index in [-0.39, 0.29) is 12.5 Å². The van der Waals surface area contributed by atoms with Crippen LogP contribution in [0.25, 0.3) is 0 Å². The molecule has 2 atom stereocenters. The Hall–Kier alpha value is -0.770. The summed E-state index contributed by atoms with van der Waals surface area (Å²) >= 11 is 11.8. The quantitative estimate of drug-likeness (QED) is 0.894. The second-order valence-corrected chi connectivity index (χ2v) is 6.64. The van der Waals surface area contributed by atoms with Crippen LogP contribution in [0.15, 0.2) is 18.2 Å². The third-order valence-electron chi connectivity index (χ3n) is 3.77. The van der Waals surface area contributed by atoms with Crippen molar-refractivity contribution in [3.63, 3.8) is 0 Å². The van der Waals surface area contributed by atoms with Crippen LogP contribution in [-0.2, 0) is 0 Å². The molecular weight excluding hydrogens is 297 g/mol. The summed E-state index contributed by atoms with van der Waals surface area (Å²) in [5, 5.41) is 14.1. The highest BCUT2D eigenvalue weighted by molar-refractivity contribution is 6.35. The molecule has 0 heterocycles. The molecule has 1 amide bonds. The Morgan fingerprint density at radius 1 is 1.40 bits per heavy atom. The summed E-state index contributed by atoms with van der Waals surface area (Å²) in [6.45, 7) is 2.39. The molecule has 20 heavy (non-hydrogen) atoms. The Morgan fingerprint density at radius 2 is 2.05 bits per heavy atom. The zero-order chi connectivity index (χ0) is 14.8. The standard InChI is InChI=1S/C15H19Cl2NO2/c1-10-3-2-4-15(20,8-10)9-18-14(19)11-5-12(16)7-13(17)6-11/h5-7,10,20H,2-4,8-9H2,1H3,(H,18,19). The maximum atomic E-state index is 12.1. The maximum Gasteiger partial charge on any atom is 0.251 e. The number of carbonyl (C=O) groups excluding carboxylic acids is 1. The lowest BCUT2D eigenvalue weighted by Gasteiger charge is -2.35. The van der Waals surface area contributed by atoms with E-state index in [0.717, 1.165) is 25.7 Å². The van der Waals surface area contributed by atoms with E-state index < -0.39 is 5.60 Å². The number of rotatable bonds is 3. The Morgan fingerprint density at radius 3 is 2.65 bits per heavy atom. The molecule has 5 heteroatoms. The number of hydrogen-bond acceptors (Lipinski definition) is 2. The summed E-state index contributed by atoms with van der Waals surface area (Å²) in [4.78, 5) is 12.1. The van der Waals surface area contributed by atoms with Crippen LogP contribution in [0.5, 0.6) is 0 Å². The number of nitrogens with one attached hydrogen (secondary N) is 1. The monoisotopic (exact) mass is 315 g/mol. The lowest BCUT2D eigenvalue weighted by molar-refractivity contribution is -0.0109. The highest BCUT2D eigenvalue weighted by atomic mass is 35.5. The second kappa shape index (κ2) is 6.33. The van der Waals surface area contributed by atoms with E-state index in [4.69, 9.17) is 23.2 Å². The molecule has 0 saturated heterocycles. The first kappa shape index (κ1) is 15.6. The lowest BCUT2D eigenvalue weighted by Crippen LogP contribution is -2.45. The summed E-state index contributed by atoms with van der Waals surface area (Å²) in [5.41, 5.74) is -0.384. The molecule has 1 aromatic carbocycles. The first-order chi connectivity index (χ1) is 9.38. The van der Waals surface area contributed by atoms with Gasteiger partial charge in [-0.25, -0.2) is 0 Å². The highest BCUT2D eigenvalue weighted by Crippen LogP contribution is 2.31. The molecule has 1 aliphatic rings. The van der Waals surface area contributed by atoms with E-state index in [2.05, 4.69) is 12.2 Å². The smallest absolute Gasteiger partial charge is 0.251 e. The molecule has 1 aromatic rings. The predicted octanol–water partition coefficient (Wildman–Crippen LogP) is 3.66. The van der Waals surface area contributed by atoms with Gasteiger partial charge in [-0.05, 0) is 37.0 Å². The van der Waals surface area contributed by atoms with Gasteiger partial charge in [0.15, 0.2) is 0 Å². The molecule has 0 radical (unpaired) electrons. The topological polar surface area (TPSA) is 49.3 Å². The van der Waals surface area contributed by atoms with Gasteiger partial charge in [0.1, 0.15) is 0 Å². The lowest BCUT2D eigenvalue weighted by atomic mass is 9.79. The minimum Gasteiger partial charge on any atom is -0.388 e. The van der Waals surface area contributed by atoms with Crippen LogP contribution in [0.4, 0.5) is 0 Å². The highest BCUT2D eigenvalue weighted by Gasteiger charge is 2.32. The van der Waals surface area contributed by atoms with Crippen LogP contribution in [0.2, 0.25) is 10.0 Å². The van der Waals surface area contributed by atoms with E-state index in [9.17, 15) is 9.90 Å². The van der Waals surface area contributed by atoms with Crippen LogP contribution in [0, 0.1) is 5.92 Å². The van der Waals surface area contributed by atoms with E-state index in [1.165, 1.54) is 0 Å². The van der Waals surface area contributed by atoms with Gasteiger partial charge >= 0.3 is 0 Å². The molecule has 2 rings (SSSR count). The van der Waals surface area contributed by atoms with Crippen molar-refractivity contribution in [2.24, 2.45) is 5.92 Å². The van der Waals surface area contributed by atoms with Crippen LogP contribution in [-0.4, -0.2) is 23.2 Å². The largest absolute Gasteiger partial charge is 0.388 e. The van der Waals surface area contributed by atoms with Gasteiger partial charge in [0, 0.05) is 22.2 Å². The Labute approximate surface area is 129 Å². The molecule has 1 saturated carbocycles. The molecule has 110 valence electrons. The van der Waals surface area contributed by atoms with Gasteiger partial charge in [-0.1, -0.05) is 43.0 Å². The van der Waals surface area contributed by atoms with Crippen molar-refractivity contribution in [2.75, 3.05) is 6.54 Å². The van der Waals surface area contributed by atoms with Crippen LogP contribution in [0.3, 0.4) is 0 Å². The van der Waals surface area contributed by atoms with Crippen molar-refractivity contribution >= 4 is 29.1 Å². The van der Waals surface area contributed by atoms with Gasteiger partial charge < -0.3 is 10.4 Å². The first-order valence-electron chi connectivity index (χ1n) is 6.85. The molecule has 2 N–H and O–H groups in total. The van der Waals surface area contributed by atoms with Crippen LogP contribution >= 0.6 is 23.2 Å². The van der Waals surface area contributed by atoms with Crippen molar-refractivity contribution in [2.45, 2.75) is 38.2 Å². The molecule has 3 nitrogen and oxygen atoms in total. The summed E-state index contributed by atoms with van der Waals surface area (Å²) in [7, 11) is 0. The molecule has 2 unspecified atom stereocenters. The molecule has 0 aliphatic heterocycles. The minimum absolute atomic E-state index is 0.263. The van der Waals surface area contributed by atoms with Gasteiger partial charge in [0.2, 0.25) is 0 Å². The van der Waals surface area contributed by atoms with E-state index in [1.54, 1.807) is 18.2 Å². The van der Waals surface area contributed by atoms with Crippen molar-refractivity contribution in [3.8, 4) is 0 Å². The summed E-state index contributed by atoms with van der Waals surface area (Å²) < 4.78 is 0. The number of benzene rings is 1. The number of halogens is 2. The number of hydrogen-bond donors (Lipinski definition) is 2. The van der Waals surface area contributed by atoms with Crippen LogP contribution in [0.1, 0.15) is 43.0 Å². The summed E-state index contributed by atoms with van der Waals surface area (Å²) in [5.74, 6) is 0.229. The predicted molar refractivity (Wildman–Crippen MR) is 81.4 cm³/mol. The SMILES string of the molecule is CC1CCCC(O)(CNC(=O)c2cc(Cl)cc(Cl)c2)C1. The maximum absolute atomic E-state index is 12.1. The average molecular weight is 316 g/mol. The molecule has 0 aromatic heterocycles. The Balaban J connectivity index is 1.98. The fourth-order valence-electron chi connectivity index (χ4n) is 2.82. The Bertz CT molecular complexity index is 486. The zero-order valence-corrected chi connectivity index (χ0v) is 13.0. The molecule has 1 aliphatic carbocycles. The first-order valence-corrected chi connectivity index (χ1v) is 7.60. The van der Waals surface area contributed by atoms with Crippen molar-refractivity contribution in [1.29, 1.82) is 0 Å². The van der Waals surface area contributed by atoms with Gasteiger partial charge in [-0.2, -0.15) is 0 Å². The van der Waals surface area contributed by atoms with Crippen molar-refractivity contribution in [1.82, 2.24) is 5.32 Å². The van der Waals surface area contributed by atoms with Gasteiger partial charge in [-0.3, -0.25) is 4.79 Å². The van der Waals surface area contributed by atoms with E-state index in [1.807, 2.05) is 0 Å². The molecular formula is C15H19Cl2NO2. The second-order valence-electron chi connectivity index (χ2n) is 5.77. The minimum atomic E-state index is -0.796. The summed E-state index contributed by atoms with van der Waals surface area (Å²) in [6.07, 6.45) is 3.59. The van der Waals surface area contributed by atoms with Gasteiger partial charge in [0.25, 0.3) is 5.91 Å². The van der Waals surface area contributed by atoms with Crippen molar-refractivity contribution < 1.29 is 9.90 Å². The number of aliphatic hydroxyl groups is 1. The van der Waals surface area contributed by atoms with E-state index in [0.29, 0.717) is 21.5 Å². The fourth-order valence-corrected chi connectivity index (χ4v) is 3.35. The van der Waals surface area contributed by atoms with E-state index >= 15 is 0 Å². The number of carbonyl (C=O) groups is 1. The molecule has 1 fully saturated rings. The Kier molecular flexibility index (Phi) is 4.95. The normalized spacial score (nSPS) is 26.3. The summed E-state index contributed by atoms with van der Waals surface area (Å²) in [6, 6.07) is 4.71.